The van der Waals surface area contributed by atoms with Gasteiger partial charge in [-0.15, -0.1) is 0 Å². The van der Waals surface area contributed by atoms with Crippen molar-refractivity contribution in [3.05, 3.63) is 24.3 Å². The van der Waals surface area contributed by atoms with Gasteiger partial charge in [-0.05, 0) is 32.4 Å². The number of rotatable bonds is 4. The molecule has 0 saturated carbocycles. The van der Waals surface area contributed by atoms with E-state index < -0.39 is 9.84 Å². The molecule has 0 aromatic heterocycles. The summed E-state index contributed by atoms with van der Waals surface area (Å²) in [5.74, 6) is 0.205. The highest BCUT2D eigenvalue weighted by molar-refractivity contribution is 7.91. The zero-order valence-electron chi connectivity index (χ0n) is 12.5. The number of nitrogens with zero attached hydrogens (tertiary/aromatic N) is 1. The summed E-state index contributed by atoms with van der Waals surface area (Å²) >= 11 is 0. The van der Waals surface area contributed by atoms with Crippen LogP contribution >= 0.6 is 0 Å². The van der Waals surface area contributed by atoms with Crippen molar-refractivity contribution in [1.29, 1.82) is 0 Å². The molecule has 1 heterocycles. The highest BCUT2D eigenvalue weighted by atomic mass is 32.2. The summed E-state index contributed by atoms with van der Waals surface area (Å²) in [6, 6.07) is 7.38. The van der Waals surface area contributed by atoms with Gasteiger partial charge in [0.2, 0.25) is 0 Å². The molecule has 1 fully saturated rings. The number of sulfone groups is 1. The predicted molar refractivity (Wildman–Crippen MR) is 83.1 cm³/mol. The van der Waals surface area contributed by atoms with Gasteiger partial charge >= 0.3 is 0 Å². The van der Waals surface area contributed by atoms with Gasteiger partial charge in [0.1, 0.15) is 0 Å². The van der Waals surface area contributed by atoms with Gasteiger partial charge in [-0.2, -0.15) is 0 Å². The van der Waals surface area contributed by atoms with Gasteiger partial charge in [0.25, 0.3) is 0 Å². The van der Waals surface area contributed by atoms with Crippen molar-refractivity contribution in [2.75, 3.05) is 30.3 Å². The lowest BCUT2D eigenvalue weighted by Gasteiger charge is -2.45. The molecule has 2 rings (SSSR count). The van der Waals surface area contributed by atoms with E-state index in [1.54, 1.807) is 12.1 Å². The number of para-hydroxylation sites is 1. The van der Waals surface area contributed by atoms with Crippen LogP contribution < -0.4 is 10.2 Å². The Morgan fingerprint density at radius 1 is 1.30 bits per heavy atom. The number of hydrogen-bond acceptors (Lipinski definition) is 4. The zero-order valence-corrected chi connectivity index (χ0v) is 13.3. The van der Waals surface area contributed by atoms with Crippen molar-refractivity contribution in [2.24, 2.45) is 0 Å². The van der Waals surface area contributed by atoms with Gasteiger partial charge in [0.15, 0.2) is 9.84 Å². The molecule has 0 amide bonds. The minimum absolute atomic E-state index is 0.0872. The van der Waals surface area contributed by atoms with Crippen LogP contribution in [0, 0.1) is 0 Å². The molecule has 0 aliphatic carbocycles. The van der Waals surface area contributed by atoms with E-state index >= 15 is 0 Å². The van der Waals surface area contributed by atoms with Gasteiger partial charge < -0.3 is 10.2 Å². The van der Waals surface area contributed by atoms with Crippen molar-refractivity contribution < 1.29 is 8.42 Å². The fraction of sp³-hybridized carbons (Fsp3) is 0.600. The van der Waals surface area contributed by atoms with Crippen LogP contribution in [0.3, 0.4) is 0 Å². The van der Waals surface area contributed by atoms with Crippen LogP contribution in [0.25, 0.3) is 0 Å². The van der Waals surface area contributed by atoms with Crippen LogP contribution in [0.2, 0.25) is 0 Å². The van der Waals surface area contributed by atoms with Crippen molar-refractivity contribution in [2.45, 2.75) is 37.6 Å². The molecule has 1 aromatic rings. The molecular formula is C15H24N2O2S. The number of nitrogens with one attached hydrogen (secondary N) is 1. The Hall–Kier alpha value is -1.07. The molecule has 0 spiro atoms. The Kier molecular flexibility index (Phi) is 4.39. The van der Waals surface area contributed by atoms with E-state index in [1.807, 2.05) is 19.1 Å². The molecule has 1 N–H and O–H groups in total. The lowest BCUT2D eigenvalue weighted by atomic mass is 9.99. The summed E-state index contributed by atoms with van der Waals surface area (Å²) in [4.78, 5) is 2.68. The zero-order chi connectivity index (χ0) is 14.8. The Morgan fingerprint density at radius 2 is 2.00 bits per heavy atom. The molecule has 20 heavy (non-hydrogen) atoms. The molecule has 1 saturated heterocycles. The second-order valence-corrected chi connectivity index (χ2v) is 8.01. The first-order chi connectivity index (χ1) is 9.38. The smallest absolute Gasteiger partial charge is 0.180 e. The highest BCUT2D eigenvalue weighted by Gasteiger charge is 2.32. The van der Waals surface area contributed by atoms with Crippen molar-refractivity contribution in [3.63, 3.8) is 0 Å². The van der Waals surface area contributed by atoms with Crippen LogP contribution in [0.1, 0.15) is 27.2 Å². The summed E-state index contributed by atoms with van der Waals surface area (Å²) in [5.41, 5.74) is 0.753. The average Bonchev–Trinajstić information content (AvgIpc) is 2.38. The molecular weight excluding hydrogens is 272 g/mol. The van der Waals surface area contributed by atoms with Gasteiger partial charge in [-0.25, -0.2) is 8.42 Å². The molecule has 4 nitrogen and oxygen atoms in total. The molecule has 0 atom stereocenters. The lowest BCUT2D eigenvalue weighted by Crippen LogP contribution is -2.58. The number of piperazine rings is 1. The minimum atomic E-state index is -3.20. The summed E-state index contributed by atoms with van der Waals surface area (Å²) in [5, 5.41) is 3.37. The fourth-order valence-corrected chi connectivity index (χ4v) is 4.29. The van der Waals surface area contributed by atoms with E-state index in [-0.39, 0.29) is 11.3 Å². The average molecular weight is 296 g/mol. The topological polar surface area (TPSA) is 49.4 Å². The van der Waals surface area contributed by atoms with E-state index in [0.29, 0.717) is 11.3 Å². The first kappa shape index (κ1) is 15.3. The van der Waals surface area contributed by atoms with Crippen molar-refractivity contribution >= 4 is 15.5 Å². The Balaban J connectivity index is 2.47. The van der Waals surface area contributed by atoms with Gasteiger partial charge in [0, 0.05) is 25.2 Å². The van der Waals surface area contributed by atoms with Crippen molar-refractivity contribution in [3.8, 4) is 0 Å². The first-order valence-corrected chi connectivity index (χ1v) is 8.84. The molecule has 0 radical (unpaired) electrons. The third-order valence-electron chi connectivity index (χ3n) is 3.76. The SMILES string of the molecule is CCCS(=O)(=O)c1ccccc1N1CCNCC1(C)C. The standard InChI is InChI=1S/C15H24N2O2S/c1-4-11-20(18,19)14-8-6-5-7-13(14)17-10-9-16-12-15(17,2)3/h5-8,16H,4,9-12H2,1-3H3. The summed E-state index contributed by atoms with van der Waals surface area (Å²) in [6.07, 6.45) is 0.640. The first-order valence-electron chi connectivity index (χ1n) is 7.18. The maximum atomic E-state index is 12.5. The van der Waals surface area contributed by atoms with E-state index in [1.165, 1.54) is 0 Å². The lowest BCUT2D eigenvalue weighted by molar-refractivity contribution is 0.378. The maximum Gasteiger partial charge on any atom is 0.180 e. The molecule has 1 aliphatic rings. The molecule has 1 aliphatic heterocycles. The number of hydrogen-bond donors (Lipinski definition) is 1. The van der Waals surface area contributed by atoms with Crippen LogP contribution in [0.4, 0.5) is 5.69 Å². The second kappa shape index (κ2) is 5.74. The van der Waals surface area contributed by atoms with E-state index in [4.69, 9.17) is 0 Å². The van der Waals surface area contributed by atoms with Gasteiger partial charge in [-0.3, -0.25) is 0 Å². The quantitative estimate of drug-likeness (QED) is 0.924. The van der Waals surface area contributed by atoms with Crippen LogP contribution in [0.5, 0.6) is 0 Å². The maximum absolute atomic E-state index is 12.5. The Morgan fingerprint density at radius 3 is 2.65 bits per heavy atom. The normalized spacial score (nSPS) is 19.1. The largest absolute Gasteiger partial charge is 0.363 e. The van der Waals surface area contributed by atoms with E-state index in [0.717, 1.165) is 25.3 Å². The van der Waals surface area contributed by atoms with Crippen LogP contribution in [-0.4, -0.2) is 39.3 Å². The van der Waals surface area contributed by atoms with Gasteiger partial charge in [-0.1, -0.05) is 19.1 Å². The van der Waals surface area contributed by atoms with E-state index in [2.05, 4.69) is 24.1 Å². The Bertz CT molecular complexity index is 567. The molecule has 0 bridgehead atoms. The fourth-order valence-electron chi connectivity index (χ4n) is 2.75. The third kappa shape index (κ3) is 2.99. The minimum Gasteiger partial charge on any atom is -0.363 e. The predicted octanol–water partition coefficient (Wildman–Crippen LogP) is 2.06. The monoisotopic (exact) mass is 296 g/mol. The number of benzene rings is 1. The molecule has 112 valence electrons. The molecule has 1 aromatic carbocycles. The number of anilines is 1. The summed E-state index contributed by atoms with van der Waals surface area (Å²) in [6.45, 7) is 8.74. The summed E-state index contributed by atoms with van der Waals surface area (Å²) < 4.78 is 24.9. The molecule has 0 unspecified atom stereocenters. The second-order valence-electron chi connectivity index (χ2n) is 5.93. The van der Waals surface area contributed by atoms with Gasteiger partial charge in [0.05, 0.1) is 16.3 Å². The Labute approximate surface area is 122 Å². The molecule has 5 heteroatoms. The third-order valence-corrected chi connectivity index (χ3v) is 5.73. The summed E-state index contributed by atoms with van der Waals surface area (Å²) in [7, 11) is -3.20. The van der Waals surface area contributed by atoms with E-state index in [9.17, 15) is 8.42 Å². The van der Waals surface area contributed by atoms with Crippen LogP contribution in [-0.2, 0) is 9.84 Å². The van der Waals surface area contributed by atoms with Crippen molar-refractivity contribution in [1.82, 2.24) is 5.32 Å². The van der Waals surface area contributed by atoms with Crippen LogP contribution in [0.15, 0.2) is 29.2 Å². The highest BCUT2D eigenvalue weighted by Crippen LogP contribution is 2.32.